The molecule has 90 valence electrons. The summed E-state index contributed by atoms with van der Waals surface area (Å²) in [5.41, 5.74) is 0. The number of phosphoric ester groups is 1. The van der Waals surface area contributed by atoms with E-state index in [0.29, 0.717) is 0 Å². The molecule has 1 rings (SSSR count). The Bertz CT molecular complexity index is 273. The average molecular weight is 288 g/mol. The summed E-state index contributed by atoms with van der Waals surface area (Å²) in [6.07, 6.45) is -7.56. The van der Waals surface area contributed by atoms with Gasteiger partial charge in [-0.1, -0.05) is 0 Å². The molecule has 0 aromatic rings. The first-order valence-corrected chi connectivity index (χ1v) is 5.58. The molecule has 17 heavy (non-hydrogen) atoms. The van der Waals surface area contributed by atoms with Crippen LogP contribution in [0.5, 0.6) is 0 Å². The number of phosphoric acid groups is 1. The topological polar surface area (TPSA) is 142 Å². The molecule has 0 aromatic carbocycles. The van der Waals surface area contributed by atoms with E-state index >= 15 is 0 Å². The second-order valence-electron chi connectivity index (χ2n) is 3.23. The van der Waals surface area contributed by atoms with Crippen molar-refractivity contribution in [2.45, 2.75) is 37.6 Å². The van der Waals surface area contributed by atoms with Crippen LogP contribution in [0.15, 0.2) is 0 Å². The van der Waals surface area contributed by atoms with Gasteiger partial charge < -0.3 is 38.9 Å². The quantitative estimate of drug-likeness (QED) is 0.336. The van der Waals surface area contributed by atoms with E-state index in [1.54, 1.807) is 0 Å². The summed E-state index contributed by atoms with van der Waals surface area (Å²) < 4.78 is 18.8. The van der Waals surface area contributed by atoms with Crippen LogP contribution in [0.1, 0.15) is 6.92 Å². The van der Waals surface area contributed by atoms with Gasteiger partial charge in [-0.15, -0.1) is 0 Å². The normalized spacial score (nSPS) is 37.9. The maximum absolute atomic E-state index is 10.3. The first kappa shape index (κ1) is 21.3. The monoisotopic (exact) mass is 288 g/mol. The molecule has 5 atom stereocenters. The Balaban J connectivity index is 0. The molecule has 0 aliphatic carbocycles. The van der Waals surface area contributed by atoms with E-state index in [1.807, 2.05) is 0 Å². The molecule has 1 saturated heterocycles. The molecule has 0 aromatic heterocycles. The van der Waals surface area contributed by atoms with Crippen LogP contribution in [0.3, 0.4) is 0 Å². The Morgan fingerprint density at radius 1 is 1.12 bits per heavy atom. The largest absolute Gasteiger partial charge is 1.00 e. The molecule has 11 heteroatoms. The van der Waals surface area contributed by atoms with Gasteiger partial charge in [0.25, 0.3) is 0 Å². The molecule has 3 N–H and O–H groups in total. The average Bonchev–Trinajstić information content (AvgIpc) is 2.08. The van der Waals surface area contributed by atoms with E-state index < -0.39 is 38.5 Å². The maximum atomic E-state index is 10.3. The zero-order chi connectivity index (χ0) is 11.8. The summed E-state index contributed by atoms with van der Waals surface area (Å²) in [5.74, 6) is 0. The van der Waals surface area contributed by atoms with Gasteiger partial charge in [-0.05, 0) is 6.92 Å². The summed E-state index contributed by atoms with van der Waals surface area (Å²) in [7, 11) is -5.32. The number of hydrogen-bond donors (Lipinski definition) is 3. The Kier molecular flexibility index (Phi) is 10.4. The van der Waals surface area contributed by atoms with Crippen LogP contribution in [0, 0.1) is 0 Å². The second kappa shape index (κ2) is 8.28. The van der Waals surface area contributed by atoms with Gasteiger partial charge in [-0.2, -0.15) is 0 Å². The predicted molar refractivity (Wildman–Crippen MR) is 41.0 cm³/mol. The maximum Gasteiger partial charge on any atom is 1.00 e. The SMILES string of the molecule is C[C@H]1O[C@H](OP(=O)([O-])[O-])[C@H](O)[C@@H](O)[C@@H]1O.[Na+].[Na+]. The minimum absolute atomic E-state index is 0. The Morgan fingerprint density at radius 3 is 2.00 bits per heavy atom. The van der Waals surface area contributed by atoms with Gasteiger partial charge in [0.1, 0.15) is 18.3 Å². The van der Waals surface area contributed by atoms with Crippen molar-refractivity contribution in [3.63, 3.8) is 0 Å². The van der Waals surface area contributed by atoms with E-state index in [1.165, 1.54) is 6.92 Å². The first-order chi connectivity index (χ1) is 6.72. The van der Waals surface area contributed by atoms with Crippen LogP contribution in [0.2, 0.25) is 0 Å². The minimum Gasteiger partial charge on any atom is -0.790 e. The molecule has 8 nitrogen and oxygen atoms in total. The number of aliphatic hydroxyl groups is 3. The molecule has 1 fully saturated rings. The van der Waals surface area contributed by atoms with Crippen LogP contribution in [-0.4, -0.2) is 46.0 Å². The van der Waals surface area contributed by atoms with Gasteiger partial charge >= 0.3 is 59.1 Å². The van der Waals surface area contributed by atoms with E-state index in [-0.39, 0.29) is 59.1 Å². The number of rotatable bonds is 2. The summed E-state index contributed by atoms with van der Waals surface area (Å²) in [4.78, 5) is 20.5. The minimum atomic E-state index is -5.32. The number of ether oxygens (including phenoxy) is 1. The molecule has 0 bridgehead atoms. The Hall–Kier alpha value is 1.95. The molecular weight excluding hydrogens is 277 g/mol. The van der Waals surface area contributed by atoms with E-state index in [2.05, 4.69) is 4.52 Å². The van der Waals surface area contributed by atoms with Crippen molar-refractivity contribution in [3.8, 4) is 0 Å². The third-order valence-corrected chi connectivity index (χ3v) is 2.51. The van der Waals surface area contributed by atoms with Crippen molar-refractivity contribution in [1.29, 1.82) is 0 Å². The molecule has 0 amide bonds. The van der Waals surface area contributed by atoms with Crippen molar-refractivity contribution in [2.24, 2.45) is 0 Å². The van der Waals surface area contributed by atoms with Gasteiger partial charge in [-0.25, -0.2) is 0 Å². The van der Waals surface area contributed by atoms with Crippen molar-refractivity contribution < 1.29 is 98.0 Å². The number of hydrogen-bond acceptors (Lipinski definition) is 8. The predicted octanol–water partition coefficient (Wildman–Crippen LogP) is -9.33. The van der Waals surface area contributed by atoms with Crippen LogP contribution < -0.4 is 68.9 Å². The summed E-state index contributed by atoms with van der Waals surface area (Å²) in [6.45, 7) is 1.33. The van der Waals surface area contributed by atoms with E-state index in [9.17, 15) is 29.7 Å². The van der Waals surface area contributed by atoms with E-state index in [0.717, 1.165) is 0 Å². The fraction of sp³-hybridized carbons (Fsp3) is 1.00. The van der Waals surface area contributed by atoms with Gasteiger partial charge in [0, 0.05) is 0 Å². The van der Waals surface area contributed by atoms with Gasteiger partial charge in [0.05, 0.1) is 13.9 Å². The Morgan fingerprint density at radius 2 is 1.59 bits per heavy atom. The fourth-order valence-electron chi connectivity index (χ4n) is 1.23. The van der Waals surface area contributed by atoms with Crippen LogP contribution in [0.25, 0.3) is 0 Å². The van der Waals surface area contributed by atoms with Crippen molar-refractivity contribution in [2.75, 3.05) is 0 Å². The molecule has 0 unspecified atom stereocenters. The zero-order valence-corrected chi connectivity index (χ0v) is 14.6. The molecule has 0 saturated carbocycles. The third-order valence-electron chi connectivity index (χ3n) is 2.04. The zero-order valence-electron chi connectivity index (χ0n) is 9.72. The molecule has 1 heterocycles. The second-order valence-corrected chi connectivity index (χ2v) is 4.34. The van der Waals surface area contributed by atoms with Crippen molar-refractivity contribution >= 4 is 7.82 Å². The summed E-state index contributed by atoms with van der Waals surface area (Å²) in [5, 5.41) is 27.7. The van der Waals surface area contributed by atoms with E-state index in [4.69, 9.17) is 4.74 Å². The standard InChI is InChI=1S/C6H13O8P.2Na/c1-2-3(7)4(8)5(9)6(13-2)14-15(10,11)12;;/h2-9H,1H3,(H2,10,11,12);;/q;2*+1/p-2/t2-,3-,4+,5-,6-;;/m1../s1. The Labute approximate surface area is 142 Å². The third kappa shape index (κ3) is 6.29. The summed E-state index contributed by atoms with van der Waals surface area (Å²) in [6, 6.07) is 0. The van der Waals surface area contributed by atoms with Gasteiger partial charge in [0.2, 0.25) is 0 Å². The fourth-order valence-corrected chi connectivity index (χ4v) is 1.66. The molecule has 1 aliphatic heterocycles. The smallest absolute Gasteiger partial charge is 0.790 e. The first-order valence-electron chi connectivity index (χ1n) is 4.12. The molecular formula is C6H11Na2O8P. The van der Waals surface area contributed by atoms with Crippen LogP contribution in [-0.2, 0) is 13.8 Å². The van der Waals surface area contributed by atoms with Crippen LogP contribution >= 0.6 is 7.82 Å². The van der Waals surface area contributed by atoms with Crippen molar-refractivity contribution in [3.05, 3.63) is 0 Å². The van der Waals surface area contributed by atoms with Crippen LogP contribution in [0.4, 0.5) is 0 Å². The number of aliphatic hydroxyl groups excluding tert-OH is 3. The molecule has 0 spiro atoms. The van der Waals surface area contributed by atoms with Gasteiger partial charge in [0.15, 0.2) is 6.29 Å². The van der Waals surface area contributed by atoms with Gasteiger partial charge in [-0.3, -0.25) is 0 Å². The van der Waals surface area contributed by atoms with Crippen molar-refractivity contribution in [1.82, 2.24) is 0 Å². The molecule has 0 radical (unpaired) electrons. The molecule has 1 aliphatic rings. The summed E-state index contributed by atoms with van der Waals surface area (Å²) >= 11 is 0.